The van der Waals surface area contributed by atoms with Gasteiger partial charge in [-0.3, -0.25) is 0 Å². The summed E-state index contributed by atoms with van der Waals surface area (Å²) in [6, 6.07) is 3.90. The molecule has 0 radical (unpaired) electrons. The van der Waals surface area contributed by atoms with Crippen LogP contribution in [-0.4, -0.2) is 39.2 Å². The van der Waals surface area contributed by atoms with Gasteiger partial charge in [0.05, 0.1) is 38.0 Å². The van der Waals surface area contributed by atoms with Crippen molar-refractivity contribution >= 4 is 17.9 Å². The Bertz CT molecular complexity index is 492. The molecule has 110 valence electrons. The third-order valence-electron chi connectivity index (χ3n) is 2.25. The Balaban J connectivity index is 0.00000172. The molecule has 1 rings (SSSR count). The van der Waals surface area contributed by atoms with E-state index in [4.69, 9.17) is 0 Å². The maximum absolute atomic E-state index is 11.5. The molecule has 20 heavy (non-hydrogen) atoms. The average Bonchev–Trinajstić information content (AvgIpc) is 2.53. The highest BCUT2D eigenvalue weighted by Gasteiger charge is 2.20. The quantitative estimate of drug-likeness (QED) is 0.623. The number of carbonyl (C=O) groups excluding carboxylic acids is 3. The first-order valence-electron chi connectivity index (χ1n) is 5.94. The molecular weight excluding hydrogens is 264 g/mol. The number of rotatable bonds is 3. The van der Waals surface area contributed by atoms with Gasteiger partial charge in [-0.05, 0) is 18.2 Å². The molecule has 0 saturated carbocycles. The van der Waals surface area contributed by atoms with Crippen molar-refractivity contribution < 1.29 is 28.6 Å². The van der Waals surface area contributed by atoms with Crippen molar-refractivity contribution in [1.82, 2.24) is 0 Å². The summed E-state index contributed by atoms with van der Waals surface area (Å²) in [6.07, 6.45) is 0. The number of ether oxygens (including phenoxy) is 3. The van der Waals surface area contributed by atoms with Gasteiger partial charge in [0, 0.05) is 0 Å². The van der Waals surface area contributed by atoms with Gasteiger partial charge in [-0.2, -0.15) is 0 Å². The van der Waals surface area contributed by atoms with Crippen molar-refractivity contribution in [1.29, 1.82) is 0 Å². The Morgan fingerprint density at radius 3 is 1.65 bits per heavy atom. The minimum atomic E-state index is -0.735. The van der Waals surface area contributed by atoms with Crippen LogP contribution in [0.1, 0.15) is 44.9 Å². The normalized spacial score (nSPS) is 8.85. The molecular formula is C14H18O6. The van der Waals surface area contributed by atoms with E-state index in [2.05, 4.69) is 14.2 Å². The van der Waals surface area contributed by atoms with Gasteiger partial charge in [-0.1, -0.05) is 13.8 Å². The highest BCUT2D eigenvalue weighted by molar-refractivity contribution is 6.05. The first-order chi connectivity index (χ1) is 9.54. The fourth-order valence-corrected chi connectivity index (χ4v) is 1.36. The molecule has 6 heteroatoms. The van der Waals surface area contributed by atoms with E-state index in [1.807, 2.05) is 13.8 Å². The van der Waals surface area contributed by atoms with Crippen molar-refractivity contribution in [2.24, 2.45) is 0 Å². The largest absolute Gasteiger partial charge is 0.465 e. The first-order valence-corrected chi connectivity index (χ1v) is 5.94. The monoisotopic (exact) mass is 282 g/mol. The van der Waals surface area contributed by atoms with Gasteiger partial charge in [0.25, 0.3) is 0 Å². The lowest BCUT2D eigenvalue weighted by atomic mass is 10.0. The predicted molar refractivity (Wildman–Crippen MR) is 71.8 cm³/mol. The van der Waals surface area contributed by atoms with Crippen LogP contribution in [0.5, 0.6) is 0 Å². The number of carbonyl (C=O) groups is 3. The molecule has 0 aliphatic carbocycles. The van der Waals surface area contributed by atoms with Gasteiger partial charge in [-0.15, -0.1) is 0 Å². The Morgan fingerprint density at radius 2 is 1.20 bits per heavy atom. The zero-order valence-corrected chi connectivity index (χ0v) is 12.2. The lowest BCUT2D eigenvalue weighted by Crippen LogP contribution is -2.13. The van der Waals surface area contributed by atoms with Crippen LogP contribution >= 0.6 is 0 Å². The minimum Gasteiger partial charge on any atom is -0.465 e. The second-order valence-electron chi connectivity index (χ2n) is 3.24. The highest BCUT2D eigenvalue weighted by atomic mass is 16.5. The van der Waals surface area contributed by atoms with Crippen LogP contribution in [0.15, 0.2) is 18.2 Å². The van der Waals surface area contributed by atoms with Crippen LogP contribution in [-0.2, 0) is 14.2 Å². The summed E-state index contributed by atoms with van der Waals surface area (Å²) in [4.78, 5) is 34.3. The zero-order valence-electron chi connectivity index (χ0n) is 12.2. The van der Waals surface area contributed by atoms with Crippen LogP contribution in [0.4, 0.5) is 0 Å². The summed E-state index contributed by atoms with van der Waals surface area (Å²) in [5, 5.41) is 0. The second kappa shape index (κ2) is 8.68. The summed E-state index contributed by atoms with van der Waals surface area (Å²) in [5.41, 5.74) is 0.120. The van der Waals surface area contributed by atoms with Crippen molar-refractivity contribution in [2.45, 2.75) is 13.8 Å². The summed E-state index contributed by atoms with van der Waals surface area (Å²) in [6.45, 7) is 4.00. The van der Waals surface area contributed by atoms with Gasteiger partial charge in [0.2, 0.25) is 0 Å². The molecule has 0 amide bonds. The lowest BCUT2D eigenvalue weighted by molar-refractivity contribution is 0.0552. The van der Waals surface area contributed by atoms with E-state index in [0.29, 0.717) is 0 Å². The van der Waals surface area contributed by atoms with E-state index in [1.165, 1.54) is 39.5 Å². The molecule has 0 unspecified atom stereocenters. The zero-order chi connectivity index (χ0) is 15.7. The number of hydrogen-bond donors (Lipinski definition) is 0. The summed E-state index contributed by atoms with van der Waals surface area (Å²) < 4.78 is 13.6. The molecule has 0 atom stereocenters. The molecule has 6 nitrogen and oxygen atoms in total. The topological polar surface area (TPSA) is 78.9 Å². The SMILES string of the molecule is CC.COC(=O)c1ccc(C(=O)OC)c(C(=O)OC)c1. The number of methoxy groups -OCH3 is 3. The molecule has 0 aliphatic heterocycles. The Hall–Kier alpha value is -2.37. The third kappa shape index (κ3) is 4.08. The second-order valence-corrected chi connectivity index (χ2v) is 3.24. The maximum Gasteiger partial charge on any atom is 0.338 e. The summed E-state index contributed by atoms with van der Waals surface area (Å²) in [7, 11) is 3.58. The van der Waals surface area contributed by atoms with Crippen molar-refractivity contribution in [3.8, 4) is 0 Å². The average molecular weight is 282 g/mol. The van der Waals surface area contributed by atoms with Gasteiger partial charge in [0.1, 0.15) is 0 Å². The molecule has 1 aromatic rings. The fraction of sp³-hybridized carbons (Fsp3) is 0.357. The van der Waals surface area contributed by atoms with Crippen LogP contribution in [0.3, 0.4) is 0 Å². The van der Waals surface area contributed by atoms with Crippen LogP contribution in [0.25, 0.3) is 0 Å². The van der Waals surface area contributed by atoms with Crippen LogP contribution in [0, 0.1) is 0 Å². The molecule has 0 N–H and O–H groups in total. The van der Waals surface area contributed by atoms with Gasteiger partial charge >= 0.3 is 17.9 Å². The third-order valence-corrected chi connectivity index (χ3v) is 2.25. The van der Waals surface area contributed by atoms with Gasteiger partial charge in [0.15, 0.2) is 0 Å². The van der Waals surface area contributed by atoms with E-state index in [-0.39, 0.29) is 16.7 Å². The Labute approximate surface area is 117 Å². The number of hydrogen-bond acceptors (Lipinski definition) is 6. The Kier molecular flexibility index (Phi) is 7.65. The smallest absolute Gasteiger partial charge is 0.338 e. The molecule has 0 spiro atoms. The van der Waals surface area contributed by atoms with Crippen LogP contribution < -0.4 is 0 Å². The summed E-state index contributed by atoms with van der Waals surface area (Å²) >= 11 is 0. The van der Waals surface area contributed by atoms with E-state index in [0.717, 1.165) is 0 Å². The maximum atomic E-state index is 11.5. The lowest BCUT2D eigenvalue weighted by Gasteiger charge is -2.07. The molecule has 0 aromatic heterocycles. The number of esters is 3. The van der Waals surface area contributed by atoms with E-state index in [1.54, 1.807) is 0 Å². The molecule has 0 bridgehead atoms. The molecule has 0 heterocycles. The van der Waals surface area contributed by atoms with Crippen molar-refractivity contribution in [3.63, 3.8) is 0 Å². The summed E-state index contributed by atoms with van der Waals surface area (Å²) in [5.74, 6) is -2.04. The van der Waals surface area contributed by atoms with Crippen LogP contribution in [0.2, 0.25) is 0 Å². The molecule has 1 aromatic carbocycles. The Morgan fingerprint density at radius 1 is 0.750 bits per heavy atom. The predicted octanol–water partition coefficient (Wildman–Crippen LogP) is 2.07. The van der Waals surface area contributed by atoms with Gasteiger partial charge in [-0.25, -0.2) is 14.4 Å². The van der Waals surface area contributed by atoms with Crippen molar-refractivity contribution in [3.05, 3.63) is 34.9 Å². The van der Waals surface area contributed by atoms with Crippen molar-refractivity contribution in [2.75, 3.05) is 21.3 Å². The van der Waals surface area contributed by atoms with E-state index in [9.17, 15) is 14.4 Å². The standard InChI is InChI=1S/C12H12O6.C2H6/c1-16-10(13)7-4-5-8(11(14)17-2)9(6-7)12(15)18-3;1-2/h4-6H,1-3H3;1-2H3. The molecule has 0 saturated heterocycles. The van der Waals surface area contributed by atoms with E-state index >= 15 is 0 Å². The van der Waals surface area contributed by atoms with E-state index < -0.39 is 17.9 Å². The fourth-order valence-electron chi connectivity index (χ4n) is 1.36. The molecule has 0 fully saturated rings. The number of benzene rings is 1. The highest BCUT2D eigenvalue weighted by Crippen LogP contribution is 2.15. The first kappa shape index (κ1) is 17.6. The molecule has 0 aliphatic rings. The van der Waals surface area contributed by atoms with Gasteiger partial charge < -0.3 is 14.2 Å². The minimum absolute atomic E-state index is 0.0250.